The van der Waals surface area contributed by atoms with Gasteiger partial charge in [0, 0.05) is 4.57 Å². The molecule has 0 fully saturated rings. The van der Waals surface area contributed by atoms with Crippen LogP contribution in [-0.4, -0.2) is 36.2 Å². The Hall–Kier alpha value is -0.920. The summed E-state index contributed by atoms with van der Waals surface area (Å²) in [5.41, 5.74) is 5.50. The number of nitrogens with one attached hydrogen (secondary N) is 1. The minimum atomic E-state index is -2.87. The molecule has 0 saturated heterocycles. The molecule has 9 heteroatoms. The van der Waals surface area contributed by atoms with Gasteiger partial charge in [-0.05, 0) is 6.92 Å². The Labute approximate surface area is 80.7 Å². The lowest BCUT2D eigenvalue weighted by atomic mass is 10.2. The first-order valence-electron chi connectivity index (χ1n) is 3.59. The Morgan fingerprint density at radius 3 is 2.43 bits per heavy atom. The summed E-state index contributed by atoms with van der Waals surface area (Å²) in [4.78, 5) is 18.0. The molecule has 2 atom stereocenters. The van der Waals surface area contributed by atoms with Gasteiger partial charge in [0.15, 0.2) is 0 Å². The van der Waals surface area contributed by atoms with Crippen LogP contribution in [0.3, 0.4) is 0 Å². The molecule has 1 rings (SSSR count). The number of hydrogen-bond donors (Lipinski definition) is 5. The molecule has 14 heavy (non-hydrogen) atoms. The second kappa shape index (κ2) is 6.52. The number of aromatic amines is 1. The van der Waals surface area contributed by atoms with Crippen LogP contribution >= 0.6 is 8.25 Å². The van der Waals surface area contributed by atoms with Gasteiger partial charge in [-0.25, -0.2) is 4.98 Å². The highest BCUT2D eigenvalue weighted by Crippen LogP contribution is 2.05. The number of nitrogens with two attached hydrogens (primary N) is 1. The van der Waals surface area contributed by atoms with E-state index in [9.17, 15) is 0 Å². The Bertz CT molecular complexity index is 261. The van der Waals surface area contributed by atoms with Gasteiger partial charge in [-0.3, -0.25) is 5.10 Å². The maximum absolute atomic E-state index is 8.98. The van der Waals surface area contributed by atoms with Crippen molar-refractivity contribution in [3.8, 4) is 0 Å². The Kier molecular flexibility index (Phi) is 6.09. The van der Waals surface area contributed by atoms with Gasteiger partial charge in [-0.2, -0.15) is 5.10 Å². The maximum Gasteiger partial charge on any atom is 0.692 e. The van der Waals surface area contributed by atoms with E-state index in [1.54, 1.807) is 6.92 Å². The van der Waals surface area contributed by atoms with Crippen molar-refractivity contribution in [1.29, 1.82) is 0 Å². The van der Waals surface area contributed by atoms with Crippen molar-refractivity contribution in [3.63, 3.8) is 0 Å². The molecule has 8 nitrogen and oxygen atoms in total. The van der Waals surface area contributed by atoms with Crippen LogP contribution in [0.4, 0.5) is 0 Å². The zero-order valence-electron chi connectivity index (χ0n) is 7.40. The summed E-state index contributed by atoms with van der Waals surface area (Å²) in [6, 6.07) is -0.470. The molecular formula is C5H12N4O4P+. The van der Waals surface area contributed by atoms with Crippen LogP contribution in [0.25, 0.3) is 0 Å². The quantitative estimate of drug-likeness (QED) is 0.396. The molecule has 0 radical (unpaired) electrons. The fourth-order valence-electron chi connectivity index (χ4n) is 0.604. The molecule has 80 valence electrons. The number of nitrogens with zero attached hydrogens (tertiary/aromatic N) is 2. The third-order valence-corrected chi connectivity index (χ3v) is 1.27. The number of H-pyrrole nitrogens is 1. The van der Waals surface area contributed by atoms with E-state index in [-0.39, 0.29) is 0 Å². The number of rotatable bonds is 2. The first-order chi connectivity index (χ1) is 6.45. The smallest absolute Gasteiger partial charge is 0.391 e. The first-order valence-corrected chi connectivity index (χ1v) is 4.75. The third kappa shape index (κ3) is 5.68. The fourth-order valence-corrected chi connectivity index (χ4v) is 0.604. The largest absolute Gasteiger partial charge is 0.692 e. The summed E-state index contributed by atoms with van der Waals surface area (Å²) in [5, 5.41) is 15.2. The van der Waals surface area contributed by atoms with E-state index < -0.39 is 20.4 Å². The molecule has 0 saturated carbocycles. The van der Waals surface area contributed by atoms with E-state index in [1.807, 2.05) is 0 Å². The van der Waals surface area contributed by atoms with E-state index >= 15 is 0 Å². The van der Waals surface area contributed by atoms with Crippen LogP contribution in [-0.2, 0) is 4.57 Å². The van der Waals surface area contributed by atoms with Crippen molar-refractivity contribution in [2.75, 3.05) is 0 Å². The molecule has 1 aromatic rings. The molecule has 6 N–H and O–H groups in total. The van der Waals surface area contributed by atoms with E-state index in [4.69, 9.17) is 25.2 Å². The zero-order valence-corrected chi connectivity index (χ0v) is 8.30. The summed E-state index contributed by atoms with van der Waals surface area (Å²) in [6.45, 7) is 1.60. The average Bonchev–Trinajstić information content (AvgIpc) is 2.53. The van der Waals surface area contributed by atoms with Gasteiger partial charge in [-0.15, -0.1) is 9.79 Å². The Morgan fingerprint density at radius 1 is 1.64 bits per heavy atom. The van der Waals surface area contributed by atoms with E-state index in [0.29, 0.717) is 5.82 Å². The summed E-state index contributed by atoms with van der Waals surface area (Å²) in [6.07, 6.45) is 0.755. The molecule has 0 aliphatic rings. The number of aliphatic hydroxyl groups is 1. The molecular weight excluding hydrogens is 211 g/mol. The lowest BCUT2D eigenvalue weighted by Crippen LogP contribution is -2.24. The normalized spacial score (nSPS) is 13.8. The molecule has 0 spiro atoms. The number of aliphatic hydroxyl groups excluding tert-OH is 1. The third-order valence-electron chi connectivity index (χ3n) is 1.27. The van der Waals surface area contributed by atoms with E-state index in [1.165, 1.54) is 6.33 Å². The van der Waals surface area contributed by atoms with Crippen molar-refractivity contribution in [1.82, 2.24) is 15.2 Å². The Morgan fingerprint density at radius 2 is 2.14 bits per heavy atom. The molecule has 0 aromatic carbocycles. The maximum atomic E-state index is 8.98. The topological polar surface area (TPSA) is 145 Å². The predicted octanol–water partition coefficient (Wildman–Crippen LogP) is -1.19. The summed E-state index contributed by atoms with van der Waals surface area (Å²) in [7, 11) is -2.87. The SMILES string of the molecule is CC(O)C(N)c1ncn[nH]1.O=[P+](O)O. The van der Waals surface area contributed by atoms with Crippen LogP contribution in [0.1, 0.15) is 18.8 Å². The van der Waals surface area contributed by atoms with Gasteiger partial charge < -0.3 is 10.8 Å². The van der Waals surface area contributed by atoms with Crippen LogP contribution in [0.2, 0.25) is 0 Å². The second-order valence-corrected chi connectivity index (χ2v) is 2.90. The standard InChI is InChI=1S/C5H10N4O.HO3P/c1-3(10)4(6)5-7-2-8-9-5;1-4(2)3/h2-4,10H,6H2,1H3,(H,7,8,9);(H-,1,2,3)/p+1. The van der Waals surface area contributed by atoms with Gasteiger partial charge in [0.25, 0.3) is 0 Å². The highest BCUT2D eigenvalue weighted by Gasteiger charge is 2.13. The summed E-state index contributed by atoms with van der Waals surface area (Å²) >= 11 is 0. The van der Waals surface area contributed by atoms with Crippen molar-refractivity contribution in [3.05, 3.63) is 12.2 Å². The van der Waals surface area contributed by atoms with Gasteiger partial charge in [0.05, 0.1) is 12.1 Å². The van der Waals surface area contributed by atoms with Gasteiger partial charge >= 0.3 is 8.25 Å². The fraction of sp³-hybridized carbons (Fsp3) is 0.600. The zero-order chi connectivity index (χ0) is 11.1. The van der Waals surface area contributed by atoms with Crippen molar-refractivity contribution in [2.24, 2.45) is 5.73 Å². The van der Waals surface area contributed by atoms with Gasteiger partial charge in [0.2, 0.25) is 0 Å². The van der Waals surface area contributed by atoms with Crippen LogP contribution < -0.4 is 5.73 Å². The molecule has 0 aliphatic carbocycles. The average molecular weight is 223 g/mol. The van der Waals surface area contributed by atoms with Crippen LogP contribution in [0.5, 0.6) is 0 Å². The van der Waals surface area contributed by atoms with Crippen molar-refractivity contribution >= 4 is 8.25 Å². The van der Waals surface area contributed by atoms with Crippen molar-refractivity contribution in [2.45, 2.75) is 19.1 Å². The van der Waals surface area contributed by atoms with Crippen LogP contribution in [0, 0.1) is 0 Å². The molecule has 1 heterocycles. The lowest BCUT2D eigenvalue weighted by molar-refractivity contribution is 0.160. The Balaban J connectivity index is 0.000000364. The molecule has 1 aromatic heterocycles. The van der Waals surface area contributed by atoms with Gasteiger partial charge in [-0.1, -0.05) is 0 Å². The highest BCUT2D eigenvalue weighted by atomic mass is 31.1. The highest BCUT2D eigenvalue weighted by molar-refractivity contribution is 7.30. The number of hydrogen-bond acceptors (Lipinski definition) is 5. The monoisotopic (exact) mass is 223 g/mol. The van der Waals surface area contributed by atoms with Gasteiger partial charge in [0.1, 0.15) is 12.2 Å². The number of aromatic nitrogens is 3. The minimum Gasteiger partial charge on any atom is -0.391 e. The summed E-state index contributed by atoms with van der Waals surface area (Å²) < 4.78 is 8.70. The van der Waals surface area contributed by atoms with E-state index in [0.717, 1.165) is 0 Å². The molecule has 2 unspecified atom stereocenters. The predicted molar refractivity (Wildman–Crippen MR) is 47.0 cm³/mol. The molecule has 0 bridgehead atoms. The van der Waals surface area contributed by atoms with E-state index in [2.05, 4.69) is 15.2 Å². The second-order valence-electron chi connectivity index (χ2n) is 2.39. The summed E-state index contributed by atoms with van der Waals surface area (Å²) in [5.74, 6) is 0.509. The lowest BCUT2D eigenvalue weighted by Gasteiger charge is -2.09. The first kappa shape index (κ1) is 13.1. The minimum absolute atomic E-state index is 0.470. The molecule has 0 amide bonds. The molecule has 0 aliphatic heterocycles. The van der Waals surface area contributed by atoms with Crippen LogP contribution in [0.15, 0.2) is 6.33 Å². The van der Waals surface area contributed by atoms with Crippen molar-refractivity contribution < 1.29 is 19.5 Å².